The Balaban J connectivity index is 1.92. The Morgan fingerprint density at radius 2 is 2.42 bits per heavy atom. The van der Waals surface area contributed by atoms with Gasteiger partial charge in [-0.25, -0.2) is 13.1 Å². The van der Waals surface area contributed by atoms with Crippen molar-refractivity contribution in [1.82, 2.24) is 14.5 Å². The summed E-state index contributed by atoms with van der Waals surface area (Å²) >= 11 is 0. The van der Waals surface area contributed by atoms with E-state index in [0.29, 0.717) is 13.2 Å². The van der Waals surface area contributed by atoms with Crippen molar-refractivity contribution in [3.63, 3.8) is 0 Å². The molecule has 0 radical (unpaired) electrons. The number of nitrogens with one attached hydrogen (secondary N) is 1. The van der Waals surface area contributed by atoms with Crippen LogP contribution in [-0.4, -0.2) is 49.7 Å². The molecule has 1 aromatic heterocycles. The molecule has 0 bridgehead atoms. The number of hydrogen-bond donors (Lipinski definition) is 2. The quantitative estimate of drug-likeness (QED) is 0.742. The van der Waals surface area contributed by atoms with Crippen LogP contribution in [0.4, 0.5) is 0 Å². The van der Waals surface area contributed by atoms with E-state index in [9.17, 15) is 8.42 Å². The smallest absolute Gasteiger partial charge is 0.243 e. The molecule has 0 spiro atoms. The Morgan fingerprint density at radius 1 is 1.58 bits per heavy atom. The zero-order valence-corrected chi connectivity index (χ0v) is 11.5. The number of rotatable bonds is 6. The summed E-state index contributed by atoms with van der Waals surface area (Å²) in [7, 11) is -3.53. The maximum Gasteiger partial charge on any atom is 0.243 e. The topological polar surface area (TPSA) is 93.5 Å². The van der Waals surface area contributed by atoms with E-state index >= 15 is 0 Å². The van der Waals surface area contributed by atoms with Gasteiger partial charge in [-0.05, 0) is 18.8 Å². The standard InChI is InChI=1S/C11H19N3O4S/c15-4-3-14-8-11(7-12-14)19(16,17)13-6-10-2-1-5-18-9-10/h7-8,10,13,15H,1-6,9H2. The Kier molecular flexibility index (Phi) is 4.92. The number of aliphatic hydroxyl groups excluding tert-OH is 1. The summed E-state index contributed by atoms with van der Waals surface area (Å²) in [5.41, 5.74) is 0. The molecule has 1 saturated heterocycles. The molecule has 0 amide bonds. The number of ether oxygens (including phenoxy) is 1. The summed E-state index contributed by atoms with van der Waals surface area (Å²) in [5, 5.41) is 12.6. The van der Waals surface area contributed by atoms with E-state index < -0.39 is 10.0 Å². The number of sulfonamides is 1. The second-order valence-electron chi connectivity index (χ2n) is 4.60. The lowest BCUT2D eigenvalue weighted by atomic mass is 10.0. The molecule has 2 rings (SSSR count). The average Bonchev–Trinajstić information content (AvgIpc) is 2.88. The number of nitrogens with zero attached hydrogens (tertiary/aromatic N) is 2. The molecule has 1 aromatic rings. The van der Waals surface area contributed by atoms with Crippen LogP contribution in [0.5, 0.6) is 0 Å². The van der Waals surface area contributed by atoms with Crippen LogP contribution in [-0.2, 0) is 21.3 Å². The maximum atomic E-state index is 12.0. The Morgan fingerprint density at radius 3 is 3.11 bits per heavy atom. The second kappa shape index (κ2) is 6.47. The van der Waals surface area contributed by atoms with E-state index in [1.165, 1.54) is 17.1 Å². The highest BCUT2D eigenvalue weighted by Crippen LogP contribution is 2.14. The highest BCUT2D eigenvalue weighted by Gasteiger charge is 2.20. The van der Waals surface area contributed by atoms with E-state index in [4.69, 9.17) is 9.84 Å². The molecule has 19 heavy (non-hydrogen) atoms. The van der Waals surface area contributed by atoms with Gasteiger partial charge in [0.05, 0.1) is 26.0 Å². The van der Waals surface area contributed by atoms with Gasteiger partial charge in [0.15, 0.2) is 0 Å². The largest absolute Gasteiger partial charge is 0.394 e. The first-order chi connectivity index (χ1) is 9.12. The summed E-state index contributed by atoms with van der Waals surface area (Å²) < 4.78 is 33.3. The van der Waals surface area contributed by atoms with Gasteiger partial charge in [-0.3, -0.25) is 4.68 Å². The lowest BCUT2D eigenvalue weighted by Gasteiger charge is -2.21. The fourth-order valence-corrected chi connectivity index (χ4v) is 3.06. The molecule has 2 N–H and O–H groups in total. The Labute approximate surface area is 112 Å². The number of aliphatic hydroxyl groups is 1. The molecular weight excluding hydrogens is 270 g/mol. The molecule has 0 aromatic carbocycles. The lowest BCUT2D eigenvalue weighted by molar-refractivity contribution is 0.0568. The van der Waals surface area contributed by atoms with Crippen LogP contribution in [0.1, 0.15) is 12.8 Å². The summed E-state index contributed by atoms with van der Waals surface area (Å²) in [6, 6.07) is 0. The summed E-state index contributed by atoms with van der Waals surface area (Å²) in [6.07, 6.45) is 4.65. The van der Waals surface area contributed by atoms with Crippen LogP contribution < -0.4 is 4.72 Å². The fourth-order valence-electron chi connectivity index (χ4n) is 1.99. The molecule has 2 heterocycles. The van der Waals surface area contributed by atoms with E-state index in [1.54, 1.807) is 0 Å². The fraction of sp³-hybridized carbons (Fsp3) is 0.727. The predicted octanol–water partition coefficient (Wildman–Crippen LogP) is -0.420. The van der Waals surface area contributed by atoms with Gasteiger partial charge in [-0.15, -0.1) is 0 Å². The third-order valence-electron chi connectivity index (χ3n) is 3.07. The van der Waals surface area contributed by atoms with Gasteiger partial charge in [0.2, 0.25) is 10.0 Å². The monoisotopic (exact) mass is 289 g/mol. The van der Waals surface area contributed by atoms with E-state index in [-0.39, 0.29) is 24.0 Å². The van der Waals surface area contributed by atoms with Gasteiger partial charge in [-0.1, -0.05) is 0 Å². The Bertz CT molecular complexity index is 494. The van der Waals surface area contributed by atoms with Crippen LogP contribution in [0.2, 0.25) is 0 Å². The van der Waals surface area contributed by atoms with Gasteiger partial charge in [0, 0.05) is 19.3 Å². The highest BCUT2D eigenvalue weighted by atomic mass is 32.2. The molecule has 108 valence electrons. The zero-order chi connectivity index (χ0) is 13.7. The maximum absolute atomic E-state index is 12.0. The van der Waals surface area contributed by atoms with Crippen molar-refractivity contribution in [3.05, 3.63) is 12.4 Å². The van der Waals surface area contributed by atoms with Gasteiger partial charge in [0.25, 0.3) is 0 Å². The molecule has 1 atom stereocenters. The molecule has 1 fully saturated rings. The summed E-state index contributed by atoms with van der Waals surface area (Å²) in [6.45, 7) is 1.96. The van der Waals surface area contributed by atoms with Crippen molar-refractivity contribution < 1.29 is 18.3 Å². The first-order valence-corrected chi connectivity index (χ1v) is 7.81. The van der Waals surface area contributed by atoms with Gasteiger partial charge >= 0.3 is 0 Å². The minimum absolute atomic E-state index is 0.0754. The Hall–Kier alpha value is -0.960. The molecule has 8 heteroatoms. The molecular formula is C11H19N3O4S. The van der Waals surface area contributed by atoms with Gasteiger partial charge < -0.3 is 9.84 Å². The third kappa shape index (κ3) is 4.00. The minimum atomic E-state index is -3.53. The van der Waals surface area contributed by atoms with Crippen LogP contribution in [0.25, 0.3) is 0 Å². The number of aromatic nitrogens is 2. The minimum Gasteiger partial charge on any atom is -0.394 e. The van der Waals surface area contributed by atoms with E-state index in [0.717, 1.165) is 19.4 Å². The molecule has 1 unspecified atom stereocenters. The first-order valence-electron chi connectivity index (χ1n) is 6.32. The van der Waals surface area contributed by atoms with Crippen LogP contribution in [0.3, 0.4) is 0 Å². The highest BCUT2D eigenvalue weighted by molar-refractivity contribution is 7.89. The van der Waals surface area contributed by atoms with Crippen LogP contribution in [0, 0.1) is 5.92 Å². The summed E-state index contributed by atoms with van der Waals surface area (Å²) in [5.74, 6) is 0.232. The second-order valence-corrected chi connectivity index (χ2v) is 6.36. The lowest BCUT2D eigenvalue weighted by Crippen LogP contribution is -2.33. The molecule has 1 aliphatic rings. The van der Waals surface area contributed by atoms with Crippen LogP contribution >= 0.6 is 0 Å². The molecule has 7 nitrogen and oxygen atoms in total. The van der Waals surface area contributed by atoms with Crippen molar-refractivity contribution in [2.24, 2.45) is 5.92 Å². The van der Waals surface area contributed by atoms with Crippen molar-refractivity contribution >= 4 is 10.0 Å². The van der Waals surface area contributed by atoms with Gasteiger partial charge in [-0.2, -0.15) is 5.10 Å². The van der Waals surface area contributed by atoms with Crippen molar-refractivity contribution in [2.45, 2.75) is 24.3 Å². The molecule has 0 aliphatic carbocycles. The van der Waals surface area contributed by atoms with Crippen LogP contribution in [0.15, 0.2) is 17.3 Å². The van der Waals surface area contributed by atoms with Gasteiger partial charge in [0.1, 0.15) is 4.90 Å². The van der Waals surface area contributed by atoms with E-state index in [1.807, 2.05) is 0 Å². The SMILES string of the molecule is O=S(=O)(NCC1CCCOC1)c1cnn(CCO)c1. The first kappa shape index (κ1) is 14.4. The predicted molar refractivity (Wildman–Crippen MR) is 68.0 cm³/mol. The third-order valence-corrected chi connectivity index (χ3v) is 4.44. The normalized spacial score (nSPS) is 20.6. The van der Waals surface area contributed by atoms with Crippen molar-refractivity contribution in [1.29, 1.82) is 0 Å². The molecule has 1 aliphatic heterocycles. The molecule has 0 saturated carbocycles. The van der Waals surface area contributed by atoms with E-state index in [2.05, 4.69) is 9.82 Å². The summed E-state index contributed by atoms with van der Waals surface area (Å²) in [4.78, 5) is 0.123. The zero-order valence-electron chi connectivity index (χ0n) is 10.7. The average molecular weight is 289 g/mol. The number of hydrogen-bond acceptors (Lipinski definition) is 5. The van der Waals surface area contributed by atoms with Crippen molar-refractivity contribution in [3.8, 4) is 0 Å². The van der Waals surface area contributed by atoms with Crippen molar-refractivity contribution in [2.75, 3.05) is 26.4 Å².